The van der Waals surface area contributed by atoms with Crippen molar-refractivity contribution < 1.29 is 9.53 Å². The molecule has 0 saturated heterocycles. The maximum atomic E-state index is 11.2. The van der Waals surface area contributed by atoms with Gasteiger partial charge < -0.3 is 4.74 Å². The van der Waals surface area contributed by atoms with E-state index in [1.807, 2.05) is 48.7 Å². The lowest BCUT2D eigenvalue weighted by Gasteiger charge is -2.04. The first-order chi connectivity index (χ1) is 10.3. The van der Waals surface area contributed by atoms with Crippen LogP contribution < -0.4 is 4.74 Å². The number of aromatic nitrogens is 2. The van der Waals surface area contributed by atoms with Gasteiger partial charge in [-0.15, -0.1) is 11.3 Å². The molecular formula is C16H14N2O2S. The molecule has 0 aliphatic rings. The van der Waals surface area contributed by atoms with Crippen LogP contribution in [0, 0.1) is 0 Å². The molecule has 3 aromatic rings. The zero-order valence-corrected chi connectivity index (χ0v) is 12.3. The van der Waals surface area contributed by atoms with E-state index < -0.39 is 0 Å². The van der Waals surface area contributed by atoms with Gasteiger partial charge in [0.05, 0.1) is 22.7 Å². The van der Waals surface area contributed by atoms with Gasteiger partial charge in [0, 0.05) is 6.20 Å². The minimum atomic E-state index is 0.589. The Bertz CT molecular complexity index is 730. The summed E-state index contributed by atoms with van der Waals surface area (Å²) < 4.78 is 7.14. The molecule has 0 N–H and O–H groups in total. The zero-order chi connectivity index (χ0) is 14.7. The van der Waals surface area contributed by atoms with Crippen LogP contribution in [0.25, 0.3) is 16.3 Å². The van der Waals surface area contributed by atoms with Crippen molar-refractivity contribution in [1.29, 1.82) is 0 Å². The summed E-state index contributed by atoms with van der Waals surface area (Å²) in [6.45, 7) is 2.59. The third-order valence-corrected chi connectivity index (χ3v) is 3.91. The Labute approximate surface area is 126 Å². The van der Waals surface area contributed by atoms with Gasteiger partial charge in [0.1, 0.15) is 11.4 Å². The third kappa shape index (κ3) is 2.73. The molecular weight excluding hydrogens is 284 g/mol. The molecule has 0 aliphatic heterocycles. The highest BCUT2D eigenvalue weighted by molar-refractivity contribution is 7.13. The molecule has 5 heteroatoms. The van der Waals surface area contributed by atoms with E-state index in [0.717, 1.165) is 22.6 Å². The Morgan fingerprint density at radius 2 is 2.10 bits per heavy atom. The van der Waals surface area contributed by atoms with E-state index in [-0.39, 0.29) is 0 Å². The van der Waals surface area contributed by atoms with Crippen LogP contribution >= 0.6 is 11.3 Å². The second-order valence-electron chi connectivity index (χ2n) is 4.40. The topological polar surface area (TPSA) is 44.1 Å². The van der Waals surface area contributed by atoms with Gasteiger partial charge in [-0.1, -0.05) is 6.07 Å². The van der Waals surface area contributed by atoms with Gasteiger partial charge in [-0.05, 0) is 42.6 Å². The molecule has 106 valence electrons. The number of hydrogen-bond acceptors (Lipinski definition) is 4. The second-order valence-corrected chi connectivity index (χ2v) is 5.35. The van der Waals surface area contributed by atoms with E-state index in [2.05, 4.69) is 5.10 Å². The number of hydrogen-bond donors (Lipinski definition) is 0. The van der Waals surface area contributed by atoms with Gasteiger partial charge >= 0.3 is 0 Å². The molecule has 0 fully saturated rings. The first kappa shape index (κ1) is 13.6. The fraction of sp³-hybridized carbons (Fsp3) is 0.125. The molecule has 2 aromatic heterocycles. The summed E-state index contributed by atoms with van der Waals surface area (Å²) in [5, 5.41) is 6.50. The molecule has 1 aromatic carbocycles. The van der Waals surface area contributed by atoms with Crippen molar-refractivity contribution in [2.24, 2.45) is 0 Å². The summed E-state index contributed by atoms with van der Waals surface area (Å²) in [4.78, 5) is 12.2. The number of nitrogens with zero attached hydrogens (tertiary/aromatic N) is 2. The molecule has 4 nitrogen and oxygen atoms in total. The summed E-state index contributed by atoms with van der Waals surface area (Å²) >= 11 is 1.57. The normalized spacial score (nSPS) is 10.5. The molecule has 0 spiro atoms. The van der Waals surface area contributed by atoms with Crippen molar-refractivity contribution in [3.63, 3.8) is 0 Å². The number of benzene rings is 1. The first-order valence-electron chi connectivity index (χ1n) is 6.63. The van der Waals surface area contributed by atoms with Gasteiger partial charge in [-0.3, -0.25) is 4.79 Å². The van der Waals surface area contributed by atoms with Crippen LogP contribution in [-0.2, 0) is 0 Å². The summed E-state index contributed by atoms with van der Waals surface area (Å²) in [5.41, 5.74) is 2.20. The van der Waals surface area contributed by atoms with Gasteiger partial charge in [0.2, 0.25) is 0 Å². The SMILES string of the molecule is CCOc1ccc(-n2cc(C=O)c(-c3cccs3)n2)cc1. The minimum absolute atomic E-state index is 0.589. The standard InChI is InChI=1S/C16H14N2O2S/c1-2-20-14-7-5-13(6-8-14)18-10-12(11-19)16(17-18)15-4-3-9-21-15/h3-11H,2H2,1H3. The molecule has 2 heterocycles. The predicted octanol–water partition coefficient (Wildman–Crippen LogP) is 3.81. The molecule has 0 atom stereocenters. The van der Waals surface area contributed by atoms with E-state index in [9.17, 15) is 4.79 Å². The molecule has 21 heavy (non-hydrogen) atoms. The van der Waals surface area contributed by atoms with Crippen LogP contribution in [0.4, 0.5) is 0 Å². The third-order valence-electron chi connectivity index (χ3n) is 3.04. The Kier molecular flexibility index (Phi) is 3.83. The maximum absolute atomic E-state index is 11.2. The predicted molar refractivity (Wildman–Crippen MR) is 83.4 cm³/mol. The average molecular weight is 298 g/mol. The highest BCUT2D eigenvalue weighted by Gasteiger charge is 2.12. The quantitative estimate of drug-likeness (QED) is 0.673. The number of ether oxygens (including phenoxy) is 1. The number of rotatable bonds is 5. The van der Waals surface area contributed by atoms with Crippen LogP contribution in [-0.4, -0.2) is 22.7 Å². The largest absolute Gasteiger partial charge is 0.494 e. The van der Waals surface area contributed by atoms with Crippen LogP contribution in [0.2, 0.25) is 0 Å². The van der Waals surface area contributed by atoms with Crippen molar-refractivity contribution in [3.05, 3.63) is 53.5 Å². The lowest BCUT2D eigenvalue weighted by atomic mass is 10.2. The number of aldehydes is 1. The molecule has 0 unspecified atom stereocenters. The summed E-state index contributed by atoms with van der Waals surface area (Å²) in [6.07, 6.45) is 2.59. The zero-order valence-electron chi connectivity index (χ0n) is 11.5. The highest BCUT2D eigenvalue weighted by Crippen LogP contribution is 2.27. The number of carbonyl (C=O) groups is 1. The Balaban J connectivity index is 1.97. The number of thiophene rings is 1. The van der Waals surface area contributed by atoms with E-state index in [4.69, 9.17) is 4.74 Å². The molecule has 0 amide bonds. The van der Waals surface area contributed by atoms with Gasteiger partial charge in [0.25, 0.3) is 0 Å². The Hall–Kier alpha value is -2.40. The van der Waals surface area contributed by atoms with E-state index in [1.54, 1.807) is 22.2 Å². The lowest BCUT2D eigenvalue weighted by Crippen LogP contribution is -1.96. The molecule has 0 bridgehead atoms. The lowest BCUT2D eigenvalue weighted by molar-refractivity contribution is 0.112. The second kappa shape index (κ2) is 5.93. The van der Waals surface area contributed by atoms with Gasteiger partial charge in [0.15, 0.2) is 6.29 Å². The van der Waals surface area contributed by atoms with Crippen molar-refractivity contribution >= 4 is 17.6 Å². The van der Waals surface area contributed by atoms with Crippen LogP contribution in [0.1, 0.15) is 17.3 Å². The minimum Gasteiger partial charge on any atom is -0.494 e. The van der Waals surface area contributed by atoms with Crippen LogP contribution in [0.3, 0.4) is 0 Å². The summed E-state index contributed by atoms with van der Waals surface area (Å²) in [5.74, 6) is 0.822. The van der Waals surface area contributed by atoms with Gasteiger partial charge in [-0.25, -0.2) is 4.68 Å². The molecule has 0 aliphatic carbocycles. The molecule has 0 saturated carbocycles. The fourth-order valence-corrected chi connectivity index (χ4v) is 2.80. The maximum Gasteiger partial charge on any atom is 0.153 e. The molecule has 3 rings (SSSR count). The summed E-state index contributed by atoms with van der Waals surface area (Å²) in [7, 11) is 0. The van der Waals surface area contributed by atoms with Crippen molar-refractivity contribution in [2.45, 2.75) is 6.92 Å². The van der Waals surface area contributed by atoms with Crippen LogP contribution in [0.5, 0.6) is 5.75 Å². The fourth-order valence-electron chi connectivity index (χ4n) is 2.07. The van der Waals surface area contributed by atoms with Crippen LogP contribution in [0.15, 0.2) is 48.0 Å². The van der Waals surface area contributed by atoms with E-state index >= 15 is 0 Å². The number of carbonyl (C=O) groups excluding carboxylic acids is 1. The van der Waals surface area contributed by atoms with Gasteiger partial charge in [-0.2, -0.15) is 5.10 Å². The molecule has 0 radical (unpaired) electrons. The Morgan fingerprint density at radius 3 is 2.71 bits per heavy atom. The van der Waals surface area contributed by atoms with E-state index in [0.29, 0.717) is 17.9 Å². The highest BCUT2D eigenvalue weighted by atomic mass is 32.1. The van der Waals surface area contributed by atoms with Crippen molar-refractivity contribution in [3.8, 4) is 22.0 Å². The first-order valence-corrected chi connectivity index (χ1v) is 7.51. The Morgan fingerprint density at radius 1 is 1.29 bits per heavy atom. The average Bonchev–Trinajstić information content (AvgIpc) is 3.17. The van der Waals surface area contributed by atoms with Crippen molar-refractivity contribution in [1.82, 2.24) is 9.78 Å². The monoisotopic (exact) mass is 298 g/mol. The van der Waals surface area contributed by atoms with Crippen molar-refractivity contribution in [2.75, 3.05) is 6.61 Å². The smallest absolute Gasteiger partial charge is 0.153 e. The summed E-state index contributed by atoms with van der Waals surface area (Å²) in [6, 6.07) is 11.5. The van der Waals surface area contributed by atoms with E-state index in [1.165, 1.54) is 0 Å².